The molecule has 2 nitrogen and oxygen atoms in total. The summed E-state index contributed by atoms with van der Waals surface area (Å²) in [6.07, 6.45) is 1.19. The first-order valence-corrected chi connectivity index (χ1v) is 6.20. The van der Waals surface area contributed by atoms with Crippen LogP contribution in [0.1, 0.15) is 37.7 Å². The molecule has 104 valence electrons. The summed E-state index contributed by atoms with van der Waals surface area (Å²) < 4.78 is 43.3. The number of benzene rings is 1. The minimum absolute atomic E-state index is 0.0546. The van der Waals surface area contributed by atoms with Gasteiger partial charge in [-0.15, -0.1) is 0 Å². The van der Waals surface area contributed by atoms with Crippen LogP contribution in [0, 0.1) is 5.82 Å². The molecule has 0 radical (unpaired) electrons. The Morgan fingerprint density at radius 1 is 1.37 bits per heavy atom. The van der Waals surface area contributed by atoms with Crippen molar-refractivity contribution >= 4 is 5.97 Å². The molecule has 0 amide bonds. The van der Waals surface area contributed by atoms with Crippen molar-refractivity contribution in [2.75, 3.05) is 0 Å². The molecule has 2 atom stereocenters. The first-order chi connectivity index (χ1) is 8.86. The van der Waals surface area contributed by atoms with E-state index in [1.807, 2.05) is 0 Å². The Hall–Kier alpha value is -1.52. The molecule has 0 heterocycles. The van der Waals surface area contributed by atoms with E-state index in [0.29, 0.717) is 26.2 Å². The zero-order valence-corrected chi connectivity index (χ0v) is 10.5. The number of esters is 1. The van der Waals surface area contributed by atoms with E-state index in [0.717, 1.165) is 5.56 Å². The van der Waals surface area contributed by atoms with Crippen LogP contribution >= 0.6 is 0 Å². The predicted molar refractivity (Wildman–Crippen MR) is 63.5 cm³/mol. The second-order valence-corrected chi connectivity index (χ2v) is 4.98. The van der Waals surface area contributed by atoms with Gasteiger partial charge < -0.3 is 4.74 Å². The Bertz CT molecular complexity index is 468. The minimum Gasteiger partial charge on any atom is -0.458 e. The number of ether oxygens (including phenoxy) is 1. The molecule has 19 heavy (non-hydrogen) atoms. The highest BCUT2D eigenvalue weighted by atomic mass is 19.3. The van der Waals surface area contributed by atoms with Crippen LogP contribution in [-0.4, -0.2) is 18.0 Å². The van der Waals surface area contributed by atoms with Crippen molar-refractivity contribution in [3.8, 4) is 0 Å². The topological polar surface area (TPSA) is 26.3 Å². The number of alkyl halides is 2. The van der Waals surface area contributed by atoms with Crippen LogP contribution in [0.25, 0.3) is 0 Å². The fraction of sp³-hybridized carbons (Fsp3) is 0.500. The van der Waals surface area contributed by atoms with Crippen LogP contribution in [-0.2, 0) is 9.53 Å². The van der Waals surface area contributed by atoms with Crippen LogP contribution in [0.4, 0.5) is 13.2 Å². The summed E-state index contributed by atoms with van der Waals surface area (Å²) in [5.41, 5.74) is 0.821. The Morgan fingerprint density at radius 2 is 2.11 bits per heavy atom. The summed E-state index contributed by atoms with van der Waals surface area (Å²) in [4.78, 5) is 11.1. The highest BCUT2D eigenvalue weighted by Gasteiger charge is 2.38. The smallest absolute Gasteiger partial charge is 0.376 e. The van der Waals surface area contributed by atoms with Gasteiger partial charge in [0, 0.05) is 6.92 Å². The first kappa shape index (κ1) is 13.9. The average Bonchev–Trinajstić information content (AvgIpc) is 2.76. The van der Waals surface area contributed by atoms with Gasteiger partial charge in [0.25, 0.3) is 0 Å². The summed E-state index contributed by atoms with van der Waals surface area (Å²) in [7, 11) is 0. The lowest BCUT2D eigenvalue weighted by Crippen LogP contribution is -2.30. The second kappa shape index (κ2) is 5.23. The number of carbonyl (C=O) groups excluding carboxylic acids is 1. The van der Waals surface area contributed by atoms with E-state index in [-0.39, 0.29) is 11.7 Å². The third kappa shape index (κ3) is 3.49. The quantitative estimate of drug-likeness (QED) is 0.785. The van der Waals surface area contributed by atoms with Crippen LogP contribution in [0.15, 0.2) is 24.3 Å². The van der Waals surface area contributed by atoms with Gasteiger partial charge in [0.2, 0.25) is 0 Å². The van der Waals surface area contributed by atoms with Gasteiger partial charge in [-0.05, 0) is 42.9 Å². The molecule has 5 heteroatoms. The molecule has 1 aliphatic carbocycles. The van der Waals surface area contributed by atoms with E-state index < -0.39 is 18.0 Å². The Labute approximate surface area is 109 Å². The normalized spacial score (nSPS) is 23.4. The maximum Gasteiger partial charge on any atom is 0.376 e. The lowest BCUT2D eigenvalue weighted by Gasteiger charge is -2.16. The third-order valence-corrected chi connectivity index (χ3v) is 3.34. The standard InChI is InChI=1S/C14H15F3O2/c1-14(16,17)13(18)19-12-6-5-10(8-12)9-3-2-4-11(15)7-9/h2-4,7,10,12H,5-6,8H2,1H3. The predicted octanol–water partition coefficient (Wildman–Crippen LogP) is 3.66. The summed E-state index contributed by atoms with van der Waals surface area (Å²) in [6, 6.07) is 6.20. The molecule has 0 spiro atoms. The van der Waals surface area contributed by atoms with Gasteiger partial charge in [-0.3, -0.25) is 0 Å². The van der Waals surface area contributed by atoms with Crippen molar-refractivity contribution in [3.63, 3.8) is 0 Å². The van der Waals surface area contributed by atoms with Crippen molar-refractivity contribution in [3.05, 3.63) is 35.6 Å². The lowest BCUT2D eigenvalue weighted by molar-refractivity contribution is -0.174. The minimum atomic E-state index is -3.46. The second-order valence-electron chi connectivity index (χ2n) is 4.98. The first-order valence-electron chi connectivity index (χ1n) is 6.20. The van der Waals surface area contributed by atoms with Gasteiger partial charge in [0.15, 0.2) is 0 Å². The molecule has 0 aliphatic heterocycles. The zero-order valence-electron chi connectivity index (χ0n) is 10.5. The van der Waals surface area contributed by atoms with Crippen molar-refractivity contribution < 1.29 is 22.7 Å². The maximum absolute atomic E-state index is 13.1. The summed E-state index contributed by atoms with van der Waals surface area (Å²) in [5, 5.41) is 0. The fourth-order valence-electron chi connectivity index (χ4n) is 2.37. The maximum atomic E-state index is 13.1. The molecular formula is C14H15F3O2. The number of hydrogen-bond donors (Lipinski definition) is 0. The van der Waals surface area contributed by atoms with Gasteiger partial charge in [0.1, 0.15) is 11.9 Å². The monoisotopic (exact) mass is 272 g/mol. The van der Waals surface area contributed by atoms with Gasteiger partial charge in [-0.25, -0.2) is 9.18 Å². The highest BCUT2D eigenvalue weighted by Crippen LogP contribution is 2.36. The molecule has 2 unspecified atom stereocenters. The summed E-state index contributed by atoms with van der Waals surface area (Å²) in [6.45, 7) is 0.522. The van der Waals surface area contributed by atoms with Crippen molar-refractivity contribution in [1.29, 1.82) is 0 Å². The number of carbonyl (C=O) groups is 1. The van der Waals surface area contributed by atoms with Crippen LogP contribution in [0.3, 0.4) is 0 Å². The third-order valence-electron chi connectivity index (χ3n) is 3.34. The van der Waals surface area contributed by atoms with E-state index in [9.17, 15) is 18.0 Å². The largest absolute Gasteiger partial charge is 0.458 e. The molecule has 1 aromatic rings. The highest BCUT2D eigenvalue weighted by molar-refractivity contribution is 5.77. The van der Waals surface area contributed by atoms with Crippen LogP contribution in [0.5, 0.6) is 0 Å². The summed E-state index contributed by atoms with van der Waals surface area (Å²) in [5.74, 6) is -5.22. The Balaban J connectivity index is 1.95. The number of rotatable bonds is 3. The molecule has 0 aromatic heterocycles. The van der Waals surface area contributed by atoms with Gasteiger partial charge in [0.05, 0.1) is 0 Å². The van der Waals surface area contributed by atoms with Crippen molar-refractivity contribution in [1.82, 2.24) is 0 Å². The molecule has 0 saturated heterocycles. The van der Waals surface area contributed by atoms with Crippen molar-refractivity contribution in [2.45, 2.75) is 44.1 Å². The molecule has 0 N–H and O–H groups in total. The Kier molecular flexibility index (Phi) is 3.83. The average molecular weight is 272 g/mol. The molecular weight excluding hydrogens is 257 g/mol. The molecule has 1 saturated carbocycles. The Morgan fingerprint density at radius 3 is 2.74 bits per heavy atom. The van der Waals surface area contributed by atoms with E-state index in [2.05, 4.69) is 0 Å². The van der Waals surface area contributed by atoms with Gasteiger partial charge in [-0.2, -0.15) is 8.78 Å². The molecule has 1 aromatic carbocycles. The van der Waals surface area contributed by atoms with Crippen LogP contribution in [0.2, 0.25) is 0 Å². The van der Waals surface area contributed by atoms with E-state index in [1.54, 1.807) is 12.1 Å². The molecule has 2 rings (SSSR count). The van der Waals surface area contributed by atoms with Gasteiger partial charge >= 0.3 is 11.9 Å². The molecule has 0 bridgehead atoms. The summed E-state index contributed by atoms with van der Waals surface area (Å²) >= 11 is 0. The lowest BCUT2D eigenvalue weighted by atomic mass is 9.98. The number of hydrogen-bond acceptors (Lipinski definition) is 2. The molecule has 1 fully saturated rings. The number of halogens is 3. The van der Waals surface area contributed by atoms with E-state index in [1.165, 1.54) is 12.1 Å². The van der Waals surface area contributed by atoms with Gasteiger partial charge in [-0.1, -0.05) is 12.1 Å². The zero-order chi connectivity index (χ0) is 14.0. The van der Waals surface area contributed by atoms with Crippen molar-refractivity contribution in [2.24, 2.45) is 0 Å². The fourth-order valence-corrected chi connectivity index (χ4v) is 2.37. The van der Waals surface area contributed by atoms with E-state index in [4.69, 9.17) is 4.74 Å². The SMILES string of the molecule is CC(F)(F)C(=O)OC1CCC(c2cccc(F)c2)C1. The van der Waals surface area contributed by atoms with Crippen LogP contribution < -0.4 is 0 Å². The molecule has 1 aliphatic rings. The van der Waals surface area contributed by atoms with E-state index >= 15 is 0 Å².